The van der Waals surface area contributed by atoms with Crippen LogP contribution in [0.4, 0.5) is 0 Å². The lowest BCUT2D eigenvalue weighted by molar-refractivity contribution is -0.158. The van der Waals surface area contributed by atoms with E-state index in [1.807, 2.05) is 30.3 Å². The maximum Gasteiger partial charge on any atom is 0.335 e. The van der Waals surface area contributed by atoms with Gasteiger partial charge in [-0.1, -0.05) is 30.3 Å². The third-order valence-corrected chi connectivity index (χ3v) is 2.15. The molecule has 92 valence electrons. The van der Waals surface area contributed by atoms with Crippen LogP contribution in [0, 0.1) is 0 Å². The van der Waals surface area contributed by atoms with Crippen molar-refractivity contribution in [3.63, 3.8) is 0 Å². The summed E-state index contributed by atoms with van der Waals surface area (Å²) >= 11 is 0. The highest BCUT2D eigenvalue weighted by Crippen LogP contribution is 2.06. The van der Waals surface area contributed by atoms with Gasteiger partial charge in [0.1, 0.15) is 6.29 Å². The van der Waals surface area contributed by atoms with Crippen LogP contribution < -0.4 is 0 Å². The van der Waals surface area contributed by atoms with Gasteiger partial charge in [-0.2, -0.15) is 0 Å². The Kier molecular flexibility index (Phi) is 5.96. The van der Waals surface area contributed by atoms with Gasteiger partial charge in [-0.05, 0) is 12.5 Å². The summed E-state index contributed by atoms with van der Waals surface area (Å²) in [4.78, 5) is 21.9. The molecule has 0 aliphatic heterocycles. The van der Waals surface area contributed by atoms with Crippen LogP contribution in [0.15, 0.2) is 30.3 Å². The molecule has 0 fully saturated rings. The van der Waals surface area contributed by atoms with Crippen molar-refractivity contribution in [3.8, 4) is 0 Å². The number of hydrogen-bond acceptors (Lipinski definition) is 4. The van der Waals surface area contributed by atoms with E-state index in [2.05, 4.69) is 0 Å². The lowest BCUT2D eigenvalue weighted by Gasteiger charge is -2.13. The van der Waals surface area contributed by atoms with E-state index in [1.165, 1.54) is 0 Å². The van der Waals surface area contributed by atoms with Crippen molar-refractivity contribution in [2.75, 3.05) is 6.61 Å². The molecule has 0 aliphatic carbocycles. The SMILES string of the molecule is CCOC(=O)C(CC=O)OCc1ccccc1. The van der Waals surface area contributed by atoms with Gasteiger partial charge in [0.2, 0.25) is 0 Å². The number of carbonyl (C=O) groups is 2. The highest BCUT2D eigenvalue weighted by Gasteiger charge is 2.19. The highest BCUT2D eigenvalue weighted by molar-refractivity contribution is 5.77. The molecule has 0 spiro atoms. The molecule has 0 amide bonds. The first kappa shape index (κ1) is 13.4. The second kappa shape index (κ2) is 7.57. The minimum absolute atomic E-state index is 0.0195. The van der Waals surface area contributed by atoms with Crippen LogP contribution in [0.2, 0.25) is 0 Å². The summed E-state index contributed by atoms with van der Waals surface area (Å²) in [6, 6.07) is 9.46. The number of ether oxygens (including phenoxy) is 2. The van der Waals surface area contributed by atoms with Gasteiger partial charge in [-0.15, -0.1) is 0 Å². The number of carbonyl (C=O) groups excluding carboxylic acids is 2. The lowest BCUT2D eigenvalue weighted by atomic mass is 10.2. The van der Waals surface area contributed by atoms with Crippen molar-refractivity contribution in [2.24, 2.45) is 0 Å². The number of aldehydes is 1. The predicted molar refractivity (Wildman–Crippen MR) is 62.3 cm³/mol. The average Bonchev–Trinajstić information content (AvgIpc) is 2.36. The highest BCUT2D eigenvalue weighted by atomic mass is 16.6. The summed E-state index contributed by atoms with van der Waals surface area (Å²) in [5.41, 5.74) is 0.952. The van der Waals surface area contributed by atoms with Crippen molar-refractivity contribution in [1.29, 1.82) is 0 Å². The van der Waals surface area contributed by atoms with Gasteiger partial charge in [0.25, 0.3) is 0 Å². The summed E-state index contributed by atoms with van der Waals surface area (Å²) in [6.45, 7) is 2.29. The van der Waals surface area contributed by atoms with Gasteiger partial charge in [0.05, 0.1) is 13.2 Å². The first-order valence-corrected chi connectivity index (χ1v) is 5.53. The molecule has 0 heterocycles. The standard InChI is InChI=1S/C13H16O4/c1-2-16-13(15)12(8-9-14)17-10-11-6-4-3-5-7-11/h3-7,9,12H,2,8,10H2,1H3. The van der Waals surface area contributed by atoms with Crippen LogP contribution >= 0.6 is 0 Å². The molecule has 0 aromatic heterocycles. The molecule has 17 heavy (non-hydrogen) atoms. The predicted octanol–water partition coefficient (Wildman–Crippen LogP) is 1.72. The fourth-order valence-corrected chi connectivity index (χ4v) is 1.33. The van der Waals surface area contributed by atoms with Crippen LogP contribution in [-0.4, -0.2) is 25.0 Å². The molecule has 0 N–H and O–H groups in total. The number of benzene rings is 1. The van der Waals surface area contributed by atoms with Crippen LogP contribution in [0.1, 0.15) is 18.9 Å². The Hall–Kier alpha value is -1.68. The van der Waals surface area contributed by atoms with Crippen molar-refractivity contribution >= 4 is 12.3 Å². The molecule has 0 aliphatic rings. The number of rotatable bonds is 7. The molecule has 0 saturated carbocycles. The van der Waals surface area contributed by atoms with Crippen molar-refractivity contribution in [2.45, 2.75) is 26.1 Å². The van der Waals surface area contributed by atoms with Crippen LogP contribution in [0.5, 0.6) is 0 Å². The zero-order valence-electron chi connectivity index (χ0n) is 9.80. The Labute approximate surface area is 101 Å². The second-order valence-corrected chi connectivity index (χ2v) is 3.44. The molecule has 4 heteroatoms. The maximum atomic E-state index is 11.4. The minimum Gasteiger partial charge on any atom is -0.464 e. The average molecular weight is 236 g/mol. The Balaban J connectivity index is 2.49. The Bertz CT molecular complexity index is 348. The number of hydrogen-bond donors (Lipinski definition) is 0. The van der Waals surface area contributed by atoms with Gasteiger partial charge in [0.15, 0.2) is 6.10 Å². The largest absolute Gasteiger partial charge is 0.464 e. The molecule has 1 unspecified atom stereocenters. The molecule has 1 atom stereocenters. The van der Waals surface area contributed by atoms with Crippen molar-refractivity contribution in [3.05, 3.63) is 35.9 Å². The zero-order chi connectivity index (χ0) is 12.5. The fourth-order valence-electron chi connectivity index (χ4n) is 1.33. The first-order valence-electron chi connectivity index (χ1n) is 5.53. The molecule has 0 bridgehead atoms. The smallest absolute Gasteiger partial charge is 0.335 e. The summed E-state index contributed by atoms with van der Waals surface area (Å²) in [5, 5.41) is 0. The normalized spacial score (nSPS) is 11.8. The summed E-state index contributed by atoms with van der Waals surface area (Å²) < 4.78 is 10.2. The van der Waals surface area contributed by atoms with E-state index in [1.54, 1.807) is 6.92 Å². The van der Waals surface area contributed by atoms with E-state index in [0.717, 1.165) is 5.56 Å². The van der Waals surface area contributed by atoms with Gasteiger partial charge >= 0.3 is 5.97 Å². The monoisotopic (exact) mass is 236 g/mol. The third-order valence-electron chi connectivity index (χ3n) is 2.15. The van der Waals surface area contributed by atoms with E-state index < -0.39 is 12.1 Å². The van der Waals surface area contributed by atoms with Gasteiger partial charge in [-0.3, -0.25) is 0 Å². The van der Waals surface area contributed by atoms with Crippen molar-refractivity contribution < 1.29 is 19.1 Å². The van der Waals surface area contributed by atoms with E-state index in [-0.39, 0.29) is 19.6 Å². The lowest BCUT2D eigenvalue weighted by Crippen LogP contribution is -2.27. The second-order valence-electron chi connectivity index (χ2n) is 3.44. The van der Waals surface area contributed by atoms with E-state index in [0.29, 0.717) is 6.29 Å². The zero-order valence-corrected chi connectivity index (χ0v) is 9.80. The van der Waals surface area contributed by atoms with Gasteiger partial charge < -0.3 is 14.3 Å². The Morgan fingerprint density at radius 3 is 2.65 bits per heavy atom. The Morgan fingerprint density at radius 2 is 2.06 bits per heavy atom. The topological polar surface area (TPSA) is 52.6 Å². The molecule has 1 aromatic carbocycles. The molecule has 0 saturated heterocycles. The minimum atomic E-state index is -0.812. The maximum absolute atomic E-state index is 11.4. The summed E-state index contributed by atoms with van der Waals surface area (Å²) in [6.07, 6.45) is -0.134. The van der Waals surface area contributed by atoms with Crippen LogP contribution in [0.25, 0.3) is 0 Å². The van der Waals surface area contributed by atoms with Gasteiger partial charge in [-0.25, -0.2) is 4.79 Å². The molecule has 4 nitrogen and oxygen atoms in total. The first-order chi connectivity index (χ1) is 8.27. The summed E-state index contributed by atoms with van der Waals surface area (Å²) in [7, 11) is 0. The summed E-state index contributed by atoms with van der Waals surface area (Å²) in [5.74, 6) is -0.490. The molecular weight excluding hydrogens is 220 g/mol. The molecular formula is C13H16O4. The van der Waals surface area contributed by atoms with E-state index >= 15 is 0 Å². The Morgan fingerprint density at radius 1 is 1.35 bits per heavy atom. The number of esters is 1. The fraction of sp³-hybridized carbons (Fsp3) is 0.385. The van der Waals surface area contributed by atoms with E-state index in [9.17, 15) is 9.59 Å². The van der Waals surface area contributed by atoms with E-state index in [4.69, 9.17) is 9.47 Å². The third kappa shape index (κ3) is 4.78. The van der Waals surface area contributed by atoms with Crippen molar-refractivity contribution in [1.82, 2.24) is 0 Å². The van der Waals surface area contributed by atoms with Crippen LogP contribution in [0.3, 0.4) is 0 Å². The molecule has 1 aromatic rings. The quantitative estimate of drug-likeness (QED) is 0.534. The molecule has 0 radical (unpaired) electrons. The van der Waals surface area contributed by atoms with Gasteiger partial charge in [0, 0.05) is 6.42 Å². The molecule has 1 rings (SSSR count). The van der Waals surface area contributed by atoms with Crippen LogP contribution in [-0.2, 0) is 25.7 Å².